The zero-order valence-electron chi connectivity index (χ0n) is 21.3. The number of ether oxygens (including phenoxy) is 1. The second-order valence-corrected chi connectivity index (χ2v) is 10.0. The Morgan fingerprint density at radius 3 is 2.84 bits per heavy atom. The van der Waals surface area contributed by atoms with Gasteiger partial charge in [-0.15, -0.1) is 0 Å². The third-order valence-corrected chi connectivity index (χ3v) is 7.06. The third kappa shape index (κ3) is 7.00. The highest BCUT2D eigenvalue weighted by atomic mass is 32.1. The topological polar surface area (TPSA) is 151 Å². The quantitative estimate of drug-likeness (QED) is 0.278. The predicted octanol–water partition coefficient (Wildman–Crippen LogP) is 4.24. The summed E-state index contributed by atoms with van der Waals surface area (Å²) in [7, 11) is 1.72. The lowest BCUT2D eigenvalue weighted by atomic mass is 10.1. The first kappa shape index (κ1) is 26.9. The molecule has 38 heavy (non-hydrogen) atoms. The van der Waals surface area contributed by atoms with Crippen LogP contribution < -0.4 is 20.9 Å². The number of unbranched alkanes of at least 4 members (excludes halogenated alkanes) is 1. The minimum absolute atomic E-state index is 0.0141. The van der Waals surface area contributed by atoms with Crippen molar-refractivity contribution in [3.8, 4) is 10.6 Å². The van der Waals surface area contributed by atoms with Gasteiger partial charge in [0.15, 0.2) is 5.69 Å². The maximum absolute atomic E-state index is 12.9. The van der Waals surface area contributed by atoms with Gasteiger partial charge < -0.3 is 25.4 Å². The highest BCUT2D eigenvalue weighted by Gasteiger charge is 2.25. The minimum atomic E-state index is -1.28. The summed E-state index contributed by atoms with van der Waals surface area (Å²) in [5.41, 5.74) is 2.21. The van der Waals surface area contributed by atoms with Crippen molar-refractivity contribution in [2.45, 2.75) is 26.2 Å². The molecule has 3 aromatic rings. The number of aromatic nitrogens is 3. The van der Waals surface area contributed by atoms with Crippen LogP contribution in [-0.4, -0.2) is 64.2 Å². The van der Waals surface area contributed by atoms with Crippen LogP contribution in [0.3, 0.4) is 0 Å². The zero-order chi connectivity index (χ0) is 27.1. The normalized spacial score (nSPS) is 14.8. The molecule has 1 unspecified atom stereocenters. The van der Waals surface area contributed by atoms with Crippen molar-refractivity contribution in [1.29, 1.82) is 0 Å². The maximum Gasteiger partial charge on any atom is 0.409 e. The number of rotatable bonds is 10. The van der Waals surface area contributed by atoms with Gasteiger partial charge in [0.05, 0.1) is 18.5 Å². The van der Waals surface area contributed by atoms with E-state index in [0.29, 0.717) is 29.8 Å². The number of hydrogen-bond donors (Lipinski definition) is 4. The molecule has 0 radical (unpaired) electrons. The molecule has 1 saturated heterocycles. The SMILES string of the molecule is CCCCOC(=O)NCC1CCN(c2cccc(-c3nc(C(=O)Nc4cnn(C)c4)c(NC(=O)O)s3)c2)C1. The summed E-state index contributed by atoms with van der Waals surface area (Å²) in [5, 5.41) is 21.8. The van der Waals surface area contributed by atoms with Gasteiger partial charge >= 0.3 is 12.2 Å². The molecule has 0 bridgehead atoms. The fraction of sp³-hybridized carbons (Fsp3) is 0.400. The van der Waals surface area contributed by atoms with Crippen molar-refractivity contribution >= 4 is 45.8 Å². The molecule has 12 nitrogen and oxygen atoms in total. The number of amides is 3. The summed E-state index contributed by atoms with van der Waals surface area (Å²) in [4.78, 5) is 42.8. The van der Waals surface area contributed by atoms with E-state index >= 15 is 0 Å². The monoisotopic (exact) mass is 541 g/mol. The van der Waals surface area contributed by atoms with Crippen LogP contribution in [0.25, 0.3) is 10.6 Å². The molecule has 1 fully saturated rings. The lowest BCUT2D eigenvalue weighted by Gasteiger charge is -2.19. The molecule has 3 heterocycles. The molecule has 1 aliphatic rings. The van der Waals surface area contributed by atoms with Crippen LogP contribution in [0.15, 0.2) is 36.7 Å². The van der Waals surface area contributed by atoms with E-state index in [1.807, 2.05) is 31.2 Å². The fourth-order valence-corrected chi connectivity index (χ4v) is 5.06. The Hall–Kier alpha value is -4.13. The lowest BCUT2D eigenvalue weighted by molar-refractivity contribution is 0.102. The molecule has 4 N–H and O–H groups in total. The fourth-order valence-electron chi connectivity index (χ4n) is 4.11. The number of hydrogen-bond acceptors (Lipinski definition) is 8. The van der Waals surface area contributed by atoms with Gasteiger partial charge in [-0.3, -0.25) is 14.8 Å². The summed E-state index contributed by atoms with van der Waals surface area (Å²) >= 11 is 1.09. The first-order valence-corrected chi connectivity index (χ1v) is 13.2. The number of nitrogens with zero attached hydrogens (tertiary/aromatic N) is 4. The van der Waals surface area contributed by atoms with E-state index in [0.717, 1.165) is 54.9 Å². The number of anilines is 3. The average molecular weight is 542 g/mol. The second kappa shape index (κ2) is 12.4. The van der Waals surface area contributed by atoms with Crippen molar-refractivity contribution < 1.29 is 24.2 Å². The Morgan fingerprint density at radius 1 is 1.26 bits per heavy atom. The van der Waals surface area contributed by atoms with E-state index in [1.54, 1.807) is 17.9 Å². The molecular formula is C25H31N7O5S. The molecule has 1 atom stereocenters. The van der Waals surface area contributed by atoms with Crippen molar-refractivity contribution in [3.05, 3.63) is 42.4 Å². The molecule has 4 rings (SSSR count). The van der Waals surface area contributed by atoms with Crippen molar-refractivity contribution in [2.24, 2.45) is 13.0 Å². The molecular weight excluding hydrogens is 510 g/mol. The van der Waals surface area contributed by atoms with Gasteiger partial charge in [0.25, 0.3) is 5.91 Å². The lowest BCUT2D eigenvalue weighted by Crippen LogP contribution is -2.31. The van der Waals surface area contributed by atoms with Crippen LogP contribution in [0, 0.1) is 5.92 Å². The second-order valence-electron chi connectivity index (χ2n) is 9.01. The zero-order valence-corrected chi connectivity index (χ0v) is 22.1. The molecule has 202 valence electrons. The molecule has 1 aromatic carbocycles. The Bertz CT molecular complexity index is 1290. The van der Waals surface area contributed by atoms with Crippen LogP contribution in [0.1, 0.15) is 36.7 Å². The highest BCUT2D eigenvalue weighted by molar-refractivity contribution is 7.19. The maximum atomic E-state index is 12.9. The van der Waals surface area contributed by atoms with Crippen LogP contribution in [0.4, 0.5) is 26.0 Å². The molecule has 3 amide bonds. The number of alkyl carbamates (subject to hydrolysis) is 1. The molecule has 0 saturated carbocycles. The molecule has 1 aliphatic heterocycles. The van der Waals surface area contributed by atoms with Crippen LogP contribution >= 0.6 is 11.3 Å². The Labute approximate surface area is 224 Å². The number of nitrogens with one attached hydrogen (secondary N) is 3. The van der Waals surface area contributed by atoms with E-state index in [4.69, 9.17) is 4.74 Å². The number of aryl methyl sites for hydroxylation is 1. The number of carbonyl (C=O) groups excluding carboxylic acids is 2. The van der Waals surface area contributed by atoms with E-state index in [9.17, 15) is 19.5 Å². The van der Waals surface area contributed by atoms with E-state index in [2.05, 4.69) is 30.9 Å². The standard InChI is InChI=1S/C25H31N7O5S/c1-3-4-10-37-25(36)26-12-16-8-9-32(14-16)19-7-5-6-17(11-19)22-29-20(23(38-22)30-24(34)35)21(33)28-18-13-27-31(2)15-18/h5-7,11,13,15-16,30H,3-4,8-10,12,14H2,1-2H3,(H,26,36)(H,28,33)(H,34,35). The first-order chi connectivity index (χ1) is 18.3. The van der Waals surface area contributed by atoms with Crippen molar-refractivity contribution in [3.63, 3.8) is 0 Å². The minimum Gasteiger partial charge on any atom is -0.465 e. The van der Waals surface area contributed by atoms with Gasteiger partial charge in [-0.05, 0) is 30.9 Å². The molecule has 13 heteroatoms. The van der Waals surface area contributed by atoms with Gasteiger partial charge in [-0.25, -0.2) is 14.6 Å². The molecule has 2 aromatic heterocycles. The molecule has 0 aliphatic carbocycles. The highest BCUT2D eigenvalue weighted by Crippen LogP contribution is 2.35. The summed E-state index contributed by atoms with van der Waals surface area (Å²) in [6, 6.07) is 7.75. The van der Waals surface area contributed by atoms with Crippen molar-refractivity contribution in [2.75, 3.05) is 41.8 Å². The summed E-state index contributed by atoms with van der Waals surface area (Å²) in [6.07, 6.45) is 4.22. The smallest absolute Gasteiger partial charge is 0.409 e. The van der Waals surface area contributed by atoms with Gasteiger partial charge in [0, 0.05) is 44.1 Å². The van der Waals surface area contributed by atoms with E-state index < -0.39 is 12.0 Å². The van der Waals surface area contributed by atoms with Gasteiger partial charge in [0.1, 0.15) is 10.0 Å². The number of benzene rings is 1. The van der Waals surface area contributed by atoms with Gasteiger partial charge in [0.2, 0.25) is 0 Å². The number of carboxylic acid groups (broad SMARTS) is 1. The Morgan fingerprint density at radius 2 is 2.11 bits per heavy atom. The van der Waals surface area contributed by atoms with Crippen molar-refractivity contribution in [1.82, 2.24) is 20.1 Å². The van der Waals surface area contributed by atoms with Crippen LogP contribution in [0.2, 0.25) is 0 Å². The van der Waals surface area contributed by atoms with E-state index in [-0.39, 0.29) is 16.8 Å². The van der Waals surface area contributed by atoms with E-state index in [1.165, 1.54) is 6.20 Å². The number of carbonyl (C=O) groups is 3. The first-order valence-electron chi connectivity index (χ1n) is 12.4. The molecule has 0 spiro atoms. The summed E-state index contributed by atoms with van der Waals surface area (Å²) < 4.78 is 6.71. The van der Waals surface area contributed by atoms with Crippen LogP contribution in [-0.2, 0) is 11.8 Å². The van der Waals surface area contributed by atoms with Gasteiger partial charge in [-0.2, -0.15) is 5.10 Å². The summed E-state index contributed by atoms with van der Waals surface area (Å²) in [5.74, 6) is -0.241. The summed E-state index contributed by atoms with van der Waals surface area (Å²) in [6.45, 7) is 4.64. The Kier molecular flexibility index (Phi) is 8.79. The van der Waals surface area contributed by atoms with Crippen LogP contribution in [0.5, 0.6) is 0 Å². The number of thiazole rings is 1. The average Bonchev–Trinajstić information content (AvgIpc) is 3.63. The third-order valence-electron chi connectivity index (χ3n) is 6.04. The Balaban J connectivity index is 1.44. The van der Waals surface area contributed by atoms with Gasteiger partial charge in [-0.1, -0.05) is 36.8 Å². The predicted molar refractivity (Wildman–Crippen MR) is 145 cm³/mol. The largest absolute Gasteiger partial charge is 0.465 e.